The number of morpholine rings is 1. The summed E-state index contributed by atoms with van der Waals surface area (Å²) in [6.45, 7) is 5.64. The number of nitrogens with one attached hydrogen (secondary N) is 1. The quantitative estimate of drug-likeness (QED) is 0.643. The molecule has 1 aromatic heterocycles. The van der Waals surface area contributed by atoms with Crippen molar-refractivity contribution in [3.63, 3.8) is 0 Å². The van der Waals surface area contributed by atoms with E-state index >= 15 is 0 Å². The van der Waals surface area contributed by atoms with Crippen LogP contribution in [0.15, 0.2) is 54.7 Å². The van der Waals surface area contributed by atoms with E-state index < -0.39 is 5.41 Å². The molecule has 1 aliphatic heterocycles. The molecule has 0 radical (unpaired) electrons. The summed E-state index contributed by atoms with van der Waals surface area (Å²) in [4.78, 5) is 15.5. The van der Waals surface area contributed by atoms with Gasteiger partial charge in [0.2, 0.25) is 5.91 Å². The third kappa shape index (κ3) is 3.85. The van der Waals surface area contributed by atoms with Crippen molar-refractivity contribution in [2.75, 3.05) is 38.2 Å². The lowest BCUT2D eigenvalue weighted by atomic mass is 9.95. The number of carbonyl (C=O) groups is 1. The summed E-state index contributed by atoms with van der Waals surface area (Å²) in [6.07, 6.45) is 3.88. The van der Waals surface area contributed by atoms with Gasteiger partial charge in [0.15, 0.2) is 0 Å². The topological polar surface area (TPSA) is 46.5 Å². The van der Waals surface area contributed by atoms with Crippen LogP contribution in [0.4, 0.5) is 5.69 Å². The molecule has 6 heteroatoms. The predicted molar refractivity (Wildman–Crippen MR) is 120 cm³/mol. The number of aromatic nitrogens is 1. The van der Waals surface area contributed by atoms with Gasteiger partial charge in [0, 0.05) is 54.0 Å². The number of benzene rings is 2. The molecule has 3 aromatic rings. The maximum Gasteiger partial charge on any atom is 0.235 e. The van der Waals surface area contributed by atoms with Crippen molar-refractivity contribution in [1.29, 1.82) is 0 Å². The van der Waals surface area contributed by atoms with Crippen molar-refractivity contribution in [3.8, 4) is 0 Å². The van der Waals surface area contributed by atoms with E-state index in [1.807, 2.05) is 30.3 Å². The maximum absolute atomic E-state index is 13.0. The Morgan fingerprint density at radius 2 is 1.80 bits per heavy atom. The van der Waals surface area contributed by atoms with Crippen LogP contribution in [-0.2, 0) is 21.5 Å². The second kappa shape index (κ2) is 8.06. The molecule has 2 aliphatic rings. The van der Waals surface area contributed by atoms with Gasteiger partial charge in [-0.3, -0.25) is 9.69 Å². The Morgan fingerprint density at radius 3 is 2.53 bits per heavy atom. The molecule has 0 bridgehead atoms. The molecule has 5 rings (SSSR count). The van der Waals surface area contributed by atoms with Crippen LogP contribution in [0.5, 0.6) is 0 Å². The highest BCUT2D eigenvalue weighted by molar-refractivity contribution is 6.30. The minimum atomic E-state index is -0.413. The Balaban J connectivity index is 1.27. The predicted octanol–water partition coefficient (Wildman–Crippen LogP) is 4.30. The van der Waals surface area contributed by atoms with E-state index in [4.69, 9.17) is 16.3 Å². The summed E-state index contributed by atoms with van der Waals surface area (Å²) < 4.78 is 7.71. The van der Waals surface area contributed by atoms with Crippen LogP contribution >= 0.6 is 11.6 Å². The van der Waals surface area contributed by atoms with E-state index in [9.17, 15) is 4.79 Å². The van der Waals surface area contributed by atoms with Gasteiger partial charge in [-0.2, -0.15) is 0 Å². The highest BCUT2D eigenvalue weighted by atomic mass is 35.5. The normalized spacial score (nSPS) is 18.4. The number of carbonyl (C=O) groups excluding carboxylic acids is 1. The monoisotopic (exact) mass is 423 g/mol. The smallest absolute Gasteiger partial charge is 0.235 e. The SMILES string of the molecule is O=C(Nc1ccc2c(ccn2CCN2CCOCC2)c1)C1(c2ccc(Cl)cc2)CC1. The maximum atomic E-state index is 13.0. The highest BCUT2D eigenvalue weighted by Gasteiger charge is 2.51. The summed E-state index contributed by atoms with van der Waals surface area (Å²) in [6, 6.07) is 15.9. The molecule has 30 heavy (non-hydrogen) atoms. The first-order valence-corrected chi connectivity index (χ1v) is 11.0. The standard InChI is InChI=1S/C24H26ClN3O2/c25-20-3-1-19(2-4-20)24(8-9-24)23(29)26-21-5-6-22-18(17-21)7-10-28(22)12-11-27-13-15-30-16-14-27/h1-7,10,17H,8-9,11-16H2,(H,26,29). The van der Waals surface area contributed by atoms with Gasteiger partial charge in [0.1, 0.15) is 0 Å². The average molecular weight is 424 g/mol. The fourth-order valence-electron chi connectivity index (χ4n) is 4.34. The number of amides is 1. The Bertz CT molecular complexity index is 1050. The number of hydrogen-bond acceptors (Lipinski definition) is 3. The molecule has 2 fully saturated rings. The van der Waals surface area contributed by atoms with E-state index in [0.29, 0.717) is 5.02 Å². The number of hydrogen-bond donors (Lipinski definition) is 1. The molecule has 1 aliphatic carbocycles. The lowest BCUT2D eigenvalue weighted by Crippen LogP contribution is -2.38. The zero-order valence-corrected chi connectivity index (χ0v) is 17.7. The summed E-state index contributed by atoms with van der Waals surface area (Å²) in [7, 11) is 0. The molecule has 1 saturated heterocycles. The Morgan fingerprint density at radius 1 is 1.03 bits per heavy atom. The van der Waals surface area contributed by atoms with Crippen molar-refractivity contribution in [2.45, 2.75) is 24.8 Å². The molecule has 0 unspecified atom stereocenters. The van der Waals surface area contributed by atoms with E-state index in [2.05, 4.69) is 39.2 Å². The first-order chi connectivity index (χ1) is 14.6. The lowest BCUT2D eigenvalue weighted by Gasteiger charge is -2.26. The van der Waals surface area contributed by atoms with Crippen molar-refractivity contribution >= 4 is 34.1 Å². The molecule has 156 valence electrons. The van der Waals surface area contributed by atoms with Crippen LogP contribution in [0.3, 0.4) is 0 Å². The van der Waals surface area contributed by atoms with Crippen molar-refractivity contribution in [2.24, 2.45) is 0 Å². The van der Waals surface area contributed by atoms with Crippen LogP contribution in [0.1, 0.15) is 18.4 Å². The van der Waals surface area contributed by atoms with Crippen LogP contribution < -0.4 is 5.32 Å². The van der Waals surface area contributed by atoms with E-state index in [0.717, 1.165) is 68.9 Å². The highest BCUT2D eigenvalue weighted by Crippen LogP contribution is 2.49. The Hall–Kier alpha value is -2.34. The fraction of sp³-hybridized carbons (Fsp3) is 0.375. The van der Waals surface area contributed by atoms with Crippen LogP contribution in [0, 0.1) is 0 Å². The second-order valence-electron chi connectivity index (χ2n) is 8.28. The minimum absolute atomic E-state index is 0.0657. The molecular formula is C24H26ClN3O2. The van der Waals surface area contributed by atoms with Crippen LogP contribution in [0.25, 0.3) is 10.9 Å². The van der Waals surface area contributed by atoms with Gasteiger partial charge in [-0.05, 0) is 54.8 Å². The van der Waals surface area contributed by atoms with Gasteiger partial charge in [0.05, 0.1) is 18.6 Å². The molecule has 5 nitrogen and oxygen atoms in total. The molecule has 2 aromatic carbocycles. The van der Waals surface area contributed by atoms with Gasteiger partial charge >= 0.3 is 0 Å². The fourth-order valence-corrected chi connectivity index (χ4v) is 4.46. The van der Waals surface area contributed by atoms with E-state index in [1.165, 1.54) is 5.52 Å². The van der Waals surface area contributed by atoms with Gasteiger partial charge < -0.3 is 14.6 Å². The number of fused-ring (bicyclic) bond motifs is 1. The van der Waals surface area contributed by atoms with Crippen molar-refractivity contribution < 1.29 is 9.53 Å². The minimum Gasteiger partial charge on any atom is -0.379 e. The largest absolute Gasteiger partial charge is 0.379 e. The van der Waals surface area contributed by atoms with Crippen molar-refractivity contribution in [3.05, 3.63) is 65.3 Å². The van der Waals surface area contributed by atoms with E-state index in [-0.39, 0.29) is 5.91 Å². The summed E-state index contributed by atoms with van der Waals surface area (Å²) in [5.74, 6) is 0.0657. The van der Waals surface area contributed by atoms with Crippen molar-refractivity contribution in [1.82, 2.24) is 9.47 Å². The number of halogens is 1. The molecule has 2 heterocycles. The van der Waals surface area contributed by atoms with Crippen LogP contribution in [-0.4, -0.2) is 48.2 Å². The Labute approximate surface area is 181 Å². The number of anilines is 1. The lowest BCUT2D eigenvalue weighted by molar-refractivity contribution is -0.118. The number of ether oxygens (including phenoxy) is 1. The van der Waals surface area contributed by atoms with E-state index in [1.54, 1.807) is 0 Å². The first kappa shape index (κ1) is 19.6. The van der Waals surface area contributed by atoms with Gasteiger partial charge in [-0.25, -0.2) is 0 Å². The molecule has 1 amide bonds. The Kier molecular flexibility index (Phi) is 5.27. The zero-order chi connectivity index (χ0) is 20.6. The third-order valence-corrected chi connectivity index (χ3v) is 6.62. The second-order valence-corrected chi connectivity index (χ2v) is 8.72. The average Bonchev–Trinajstić information content (AvgIpc) is 3.49. The third-order valence-electron chi connectivity index (χ3n) is 6.37. The molecule has 1 N–H and O–H groups in total. The summed E-state index contributed by atoms with van der Waals surface area (Å²) >= 11 is 6.00. The first-order valence-electron chi connectivity index (χ1n) is 10.6. The molecule has 0 atom stereocenters. The zero-order valence-electron chi connectivity index (χ0n) is 16.9. The summed E-state index contributed by atoms with van der Waals surface area (Å²) in [5, 5.41) is 4.98. The number of nitrogens with zero attached hydrogens (tertiary/aromatic N) is 2. The van der Waals surface area contributed by atoms with Gasteiger partial charge in [-0.15, -0.1) is 0 Å². The van der Waals surface area contributed by atoms with Gasteiger partial charge in [0.25, 0.3) is 0 Å². The van der Waals surface area contributed by atoms with Crippen LogP contribution in [0.2, 0.25) is 5.02 Å². The molecule has 0 spiro atoms. The molecular weight excluding hydrogens is 398 g/mol. The van der Waals surface area contributed by atoms with Gasteiger partial charge in [-0.1, -0.05) is 23.7 Å². The summed E-state index contributed by atoms with van der Waals surface area (Å²) in [5.41, 5.74) is 2.67. The molecule has 1 saturated carbocycles. The number of rotatable bonds is 6.